The summed E-state index contributed by atoms with van der Waals surface area (Å²) >= 11 is 0. The Morgan fingerprint density at radius 1 is 1.33 bits per heavy atom. The van der Waals surface area contributed by atoms with Crippen molar-refractivity contribution in [2.75, 3.05) is 13.2 Å². The van der Waals surface area contributed by atoms with Crippen molar-refractivity contribution in [3.05, 3.63) is 47.0 Å². The zero-order chi connectivity index (χ0) is 15.5. The van der Waals surface area contributed by atoms with Gasteiger partial charge in [-0.2, -0.15) is 13.2 Å². The molecular weight excluding hydrogens is 286 g/mol. The van der Waals surface area contributed by atoms with Gasteiger partial charge in [0, 0.05) is 0 Å². The summed E-state index contributed by atoms with van der Waals surface area (Å²) < 4.78 is 57.1. The minimum Gasteiger partial charge on any atom is -0.501 e. The van der Waals surface area contributed by atoms with Crippen molar-refractivity contribution >= 4 is 0 Å². The van der Waals surface area contributed by atoms with Gasteiger partial charge in [-0.25, -0.2) is 4.39 Å². The van der Waals surface area contributed by atoms with E-state index in [9.17, 15) is 17.6 Å². The van der Waals surface area contributed by atoms with Crippen LogP contribution in [0.1, 0.15) is 36.9 Å². The molecule has 1 heterocycles. The molecule has 0 spiro atoms. The second-order valence-corrected chi connectivity index (χ2v) is 4.89. The normalized spacial score (nSPS) is 17.1. The fourth-order valence-electron chi connectivity index (χ4n) is 2.40. The lowest BCUT2D eigenvalue weighted by Gasteiger charge is -2.25. The summed E-state index contributed by atoms with van der Waals surface area (Å²) in [4.78, 5) is 0. The molecule has 0 saturated heterocycles. The van der Waals surface area contributed by atoms with E-state index >= 15 is 0 Å². The quantitative estimate of drug-likeness (QED) is 0.842. The van der Waals surface area contributed by atoms with E-state index in [2.05, 4.69) is 5.32 Å². The molecule has 1 aliphatic heterocycles. The first-order valence-electron chi connectivity index (χ1n) is 6.84. The fourth-order valence-corrected chi connectivity index (χ4v) is 2.40. The molecule has 0 amide bonds. The zero-order valence-electron chi connectivity index (χ0n) is 11.6. The molecule has 1 aromatic rings. The number of alkyl halides is 3. The largest absolute Gasteiger partial charge is 0.501 e. The first-order valence-corrected chi connectivity index (χ1v) is 6.84. The lowest BCUT2D eigenvalue weighted by Crippen LogP contribution is -2.25. The summed E-state index contributed by atoms with van der Waals surface area (Å²) in [5.74, 6) is -1.25. The second-order valence-electron chi connectivity index (χ2n) is 4.89. The van der Waals surface area contributed by atoms with Crippen molar-refractivity contribution in [1.82, 2.24) is 5.32 Å². The smallest absolute Gasteiger partial charge is 0.419 e. The van der Waals surface area contributed by atoms with Gasteiger partial charge in [-0.1, -0.05) is 13.0 Å². The highest BCUT2D eigenvalue weighted by Gasteiger charge is 2.35. The fraction of sp³-hybridized carbons (Fsp3) is 0.467. The van der Waals surface area contributed by atoms with Gasteiger partial charge in [-0.3, -0.25) is 0 Å². The molecule has 6 heteroatoms. The Hall–Kier alpha value is -1.56. The molecule has 1 unspecified atom stereocenters. The summed E-state index contributed by atoms with van der Waals surface area (Å²) in [5.41, 5.74) is 0.0328. The minimum atomic E-state index is -4.70. The number of hydrogen-bond acceptors (Lipinski definition) is 2. The van der Waals surface area contributed by atoms with Crippen LogP contribution in [0.15, 0.2) is 30.0 Å². The van der Waals surface area contributed by atoms with Crippen molar-refractivity contribution in [2.24, 2.45) is 0 Å². The van der Waals surface area contributed by atoms with Gasteiger partial charge in [0.2, 0.25) is 0 Å². The minimum absolute atomic E-state index is 0.391. The summed E-state index contributed by atoms with van der Waals surface area (Å²) in [6, 6.07) is 2.73. The van der Waals surface area contributed by atoms with Crippen LogP contribution in [0.2, 0.25) is 0 Å². The van der Waals surface area contributed by atoms with Crippen LogP contribution >= 0.6 is 0 Å². The summed E-state index contributed by atoms with van der Waals surface area (Å²) in [6.45, 7) is 3.06. The van der Waals surface area contributed by atoms with Gasteiger partial charge < -0.3 is 10.1 Å². The average molecular weight is 303 g/mol. The van der Waals surface area contributed by atoms with Crippen LogP contribution in [0.5, 0.6) is 0 Å². The topological polar surface area (TPSA) is 21.3 Å². The Morgan fingerprint density at radius 2 is 2.10 bits per heavy atom. The summed E-state index contributed by atoms with van der Waals surface area (Å²) in [7, 11) is 0. The molecule has 0 saturated carbocycles. The lowest BCUT2D eigenvalue weighted by atomic mass is 9.94. The van der Waals surface area contributed by atoms with E-state index in [1.54, 1.807) is 6.26 Å². The molecule has 2 rings (SSSR count). The molecule has 116 valence electrons. The van der Waals surface area contributed by atoms with Gasteiger partial charge in [0.15, 0.2) is 0 Å². The van der Waals surface area contributed by atoms with Crippen molar-refractivity contribution in [3.8, 4) is 0 Å². The van der Waals surface area contributed by atoms with Crippen LogP contribution in [0.3, 0.4) is 0 Å². The maximum Gasteiger partial charge on any atom is 0.419 e. The van der Waals surface area contributed by atoms with Crippen LogP contribution in [-0.2, 0) is 10.9 Å². The highest BCUT2D eigenvalue weighted by Crippen LogP contribution is 2.35. The van der Waals surface area contributed by atoms with Crippen LogP contribution < -0.4 is 5.32 Å². The average Bonchev–Trinajstić information content (AvgIpc) is 2.45. The van der Waals surface area contributed by atoms with Gasteiger partial charge in [0.1, 0.15) is 5.82 Å². The number of benzene rings is 1. The van der Waals surface area contributed by atoms with Crippen LogP contribution in [0.25, 0.3) is 0 Å². The number of ether oxygens (including phenoxy) is 1. The highest BCUT2D eigenvalue weighted by atomic mass is 19.4. The predicted octanol–water partition coefficient (Wildman–Crippen LogP) is 4.19. The molecule has 1 aliphatic rings. The SMILES string of the molecule is CCNC(C1=COCCC1)c1ccc(F)c(C(F)(F)F)c1. The van der Waals surface area contributed by atoms with E-state index in [-0.39, 0.29) is 0 Å². The monoisotopic (exact) mass is 303 g/mol. The van der Waals surface area contributed by atoms with Gasteiger partial charge in [0.05, 0.1) is 24.5 Å². The van der Waals surface area contributed by atoms with Crippen LogP contribution in [0.4, 0.5) is 17.6 Å². The molecule has 21 heavy (non-hydrogen) atoms. The van der Waals surface area contributed by atoms with Crippen molar-refractivity contribution in [3.63, 3.8) is 0 Å². The number of rotatable bonds is 4. The van der Waals surface area contributed by atoms with E-state index in [0.29, 0.717) is 18.7 Å². The Kier molecular flexibility index (Phi) is 4.88. The third-order valence-corrected chi connectivity index (χ3v) is 3.37. The molecule has 1 aromatic carbocycles. The second kappa shape index (κ2) is 6.47. The molecule has 1 N–H and O–H groups in total. The van der Waals surface area contributed by atoms with E-state index in [1.807, 2.05) is 6.92 Å². The summed E-state index contributed by atoms with van der Waals surface area (Å²) in [6.07, 6.45) is -1.54. The number of hydrogen-bond donors (Lipinski definition) is 1. The van der Waals surface area contributed by atoms with Gasteiger partial charge in [0.25, 0.3) is 0 Å². The molecular formula is C15H17F4NO. The Morgan fingerprint density at radius 3 is 2.67 bits per heavy atom. The molecule has 0 fully saturated rings. The predicted molar refractivity (Wildman–Crippen MR) is 71.1 cm³/mol. The van der Waals surface area contributed by atoms with Gasteiger partial charge in [-0.15, -0.1) is 0 Å². The van der Waals surface area contributed by atoms with Crippen LogP contribution in [0, 0.1) is 5.82 Å². The van der Waals surface area contributed by atoms with Crippen molar-refractivity contribution in [2.45, 2.75) is 32.0 Å². The third-order valence-electron chi connectivity index (χ3n) is 3.37. The molecule has 0 radical (unpaired) electrons. The summed E-state index contributed by atoms with van der Waals surface area (Å²) in [5, 5.41) is 3.13. The Bertz CT molecular complexity index is 525. The third kappa shape index (κ3) is 3.75. The maximum absolute atomic E-state index is 13.4. The van der Waals surface area contributed by atoms with Gasteiger partial charge >= 0.3 is 6.18 Å². The van der Waals surface area contributed by atoms with Crippen LogP contribution in [-0.4, -0.2) is 13.2 Å². The first kappa shape index (κ1) is 15.8. The van der Waals surface area contributed by atoms with Crippen molar-refractivity contribution < 1.29 is 22.3 Å². The molecule has 0 aromatic heterocycles. The number of likely N-dealkylation sites (N-methyl/N-ethyl adjacent to an activating group) is 1. The van der Waals surface area contributed by atoms with E-state index in [0.717, 1.165) is 30.5 Å². The number of nitrogens with one attached hydrogen (secondary N) is 1. The first-order chi connectivity index (χ1) is 9.93. The van der Waals surface area contributed by atoms with Crippen molar-refractivity contribution in [1.29, 1.82) is 0 Å². The van der Waals surface area contributed by atoms with Gasteiger partial charge in [-0.05, 0) is 42.7 Å². The highest BCUT2D eigenvalue weighted by molar-refractivity contribution is 5.34. The maximum atomic E-state index is 13.4. The molecule has 0 aliphatic carbocycles. The molecule has 1 atom stereocenters. The lowest BCUT2D eigenvalue weighted by molar-refractivity contribution is -0.140. The standard InChI is InChI=1S/C15H17F4NO/c1-2-20-14(11-4-3-7-21-9-11)10-5-6-13(16)12(8-10)15(17,18)19/h5-6,8-9,14,20H,2-4,7H2,1H3. The molecule has 0 bridgehead atoms. The Labute approximate surface area is 120 Å². The molecule has 2 nitrogen and oxygen atoms in total. The zero-order valence-corrected chi connectivity index (χ0v) is 11.6. The number of halogens is 4. The van der Waals surface area contributed by atoms with E-state index < -0.39 is 23.6 Å². The Balaban J connectivity index is 2.38. The van der Waals surface area contributed by atoms with E-state index in [1.165, 1.54) is 6.07 Å². The van der Waals surface area contributed by atoms with E-state index in [4.69, 9.17) is 4.74 Å².